The molecule has 2 saturated heterocycles. The Hall–Kier alpha value is -4.20. The van der Waals surface area contributed by atoms with Crippen LogP contribution in [0.1, 0.15) is 26.3 Å². The zero-order valence-corrected chi connectivity index (χ0v) is 19.2. The molecule has 0 bridgehead atoms. The molecule has 2 unspecified atom stereocenters. The lowest BCUT2D eigenvalue weighted by Crippen LogP contribution is -2.36. The molecule has 2 aliphatic heterocycles. The van der Waals surface area contributed by atoms with Crippen LogP contribution in [0.4, 0.5) is 0 Å². The number of hydrogen-bond acceptors (Lipinski definition) is 10. The summed E-state index contributed by atoms with van der Waals surface area (Å²) < 4.78 is 32.9. The van der Waals surface area contributed by atoms with Crippen molar-refractivity contribution in [2.24, 2.45) is 0 Å². The highest BCUT2D eigenvalue weighted by Crippen LogP contribution is 2.31. The summed E-state index contributed by atoms with van der Waals surface area (Å²) >= 11 is 0. The Morgan fingerprint density at radius 3 is 1.92 bits per heavy atom. The molecule has 2 heterocycles. The summed E-state index contributed by atoms with van der Waals surface area (Å²) in [5, 5.41) is 8.88. The molecule has 0 spiro atoms. The van der Waals surface area contributed by atoms with Crippen LogP contribution in [-0.2, 0) is 28.5 Å². The number of benzene rings is 2. The Morgan fingerprint density at radius 1 is 0.889 bits per heavy atom. The molecule has 186 valence electrons. The molecular formula is C26H23NO9. The predicted octanol–water partition coefficient (Wildman–Crippen LogP) is 2.21. The second kappa shape index (κ2) is 11.5. The van der Waals surface area contributed by atoms with Gasteiger partial charge in [-0.05, 0) is 48.5 Å². The summed E-state index contributed by atoms with van der Waals surface area (Å²) in [5.74, 6) is -1.15. The molecule has 4 atom stereocenters. The molecule has 2 aromatic carbocycles. The maximum atomic E-state index is 12.6. The first-order valence-corrected chi connectivity index (χ1v) is 11.2. The Kier molecular flexibility index (Phi) is 7.95. The van der Waals surface area contributed by atoms with Gasteiger partial charge in [0.25, 0.3) is 0 Å². The van der Waals surface area contributed by atoms with Crippen LogP contribution in [0.25, 0.3) is 0 Å². The molecule has 0 saturated carbocycles. The summed E-state index contributed by atoms with van der Waals surface area (Å²) in [6.07, 6.45) is -1.36. The van der Waals surface area contributed by atoms with Gasteiger partial charge < -0.3 is 28.4 Å². The van der Waals surface area contributed by atoms with E-state index in [1.807, 2.05) is 6.07 Å². The molecule has 10 heteroatoms. The Morgan fingerprint density at radius 2 is 1.42 bits per heavy atom. The van der Waals surface area contributed by atoms with Crippen molar-refractivity contribution >= 4 is 17.9 Å². The third-order valence-electron chi connectivity index (χ3n) is 5.58. The predicted molar refractivity (Wildman–Crippen MR) is 122 cm³/mol. The van der Waals surface area contributed by atoms with E-state index in [0.717, 1.165) is 6.08 Å². The van der Waals surface area contributed by atoms with Crippen LogP contribution in [0.15, 0.2) is 61.2 Å². The van der Waals surface area contributed by atoms with E-state index in [2.05, 4.69) is 6.58 Å². The van der Waals surface area contributed by atoms with Gasteiger partial charge in [0.05, 0.1) is 36.0 Å². The Bertz CT molecular complexity index is 1150. The van der Waals surface area contributed by atoms with Crippen molar-refractivity contribution in [3.8, 4) is 11.8 Å². The van der Waals surface area contributed by atoms with Crippen LogP contribution < -0.4 is 4.74 Å². The van der Waals surface area contributed by atoms with Gasteiger partial charge in [-0.25, -0.2) is 14.4 Å². The molecule has 4 rings (SSSR count). The molecular weight excluding hydrogens is 470 g/mol. The SMILES string of the molecule is C=CC(=O)OCCOc1ccc(C(=O)O[C@@H]2COC3C2OC[C@@H]3OC(=O)c2ccc(C#N)cc2)cc1. The molecule has 2 aromatic rings. The van der Waals surface area contributed by atoms with Crippen LogP contribution in [0.3, 0.4) is 0 Å². The van der Waals surface area contributed by atoms with E-state index in [9.17, 15) is 14.4 Å². The van der Waals surface area contributed by atoms with Gasteiger partial charge in [-0.2, -0.15) is 5.26 Å². The van der Waals surface area contributed by atoms with Crippen LogP contribution in [-0.4, -0.2) is 68.8 Å². The fourth-order valence-corrected chi connectivity index (χ4v) is 3.77. The van der Waals surface area contributed by atoms with E-state index in [0.29, 0.717) is 22.4 Å². The van der Waals surface area contributed by atoms with Crippen molar-refractivity contribution < 1.29 is 42.8 Å². The van der Waals surface area contributed by atoms with Gasteiger partial charge in [-0.1, -0.05) is 6.58 Å². The summed E-state index contributed by atoms with van der Waals surface area (Å²) in [4.78, 5) is 36.1. The van der Waals surface area contributed by atoms with Crippen molar-refractivity contribution in [1.29, 1.82) is 5.26 Å². The maximum absolute atomic E-state index is 12.6. The van der Waals surface area contributed by atoms with Gasteiger partial charge in [-0.15, -0.1) is 0 Å². The van der Waals surface area contributed by atoms with Crippen molar-refractivity contribution in [2.45, 2.75) is 24.4 Å². The number of rotatable bonds is 9. The van der Waals surface area contributed by atoms with E-state index in [1.165, 1.54) is 24.3 Å². The maximum Gasteiger partial charge on any atom is 0.338 e. The Labute approximate surface area is 206 Å². The van der Waals surface area contributed by atoms with Gasteiger partial charge in [0, 0.05) is 6.08 Å². The number of hydrogen-bond donors (Lipinski definition) is 0. The second-order valence-electron chi connectivity index (χ2n) is 7.92. The van der Waals surface area contributed by atoms with Gasteiger partial charge in [-0.3, -0.25) is 0 Å². The molecule has 2 aliphatic rings. The van der Waals surface area contributed by atoms with Crippen molar-refractivity contribution in [3.05, 3.63) is 77.9 Å². The highest BCUT2D eigenvalue weighted by molar-refractivity contribution is 5.90. The monoisotopic (exact) mass is 493 g/mol. The first kappa shape index (κ1) is 24.9. The molecule has 0 aromatic heterocycles. The number of fused-ring (bicyclic) bond motifs is 1. The number of esters is 3. The fourth-order valence-electron chi connectivity index (χ4n) is 3.77. The lowest BCUT2D eigenvalue weighted by molar-refractivity contribution is -0.138. The number of ether oxygens (including phenoxy) is 6. The zero-order valence-electron chi connectivity index (χ0n) is 19.2. The summed E-state index contributed by atoms with van der Waals surface area (Å²) in [6, 6.07) is 14.4. The average Bonchev–Trinajstić information content (AvgIpc) is 3.49. The lowest BCUT2D eigenvalue weighted by atomic mass is 10.1. The molecule has 10 nitrogen and oxygen atoms in total. The minimum absolute atomic E-state index is 0.0721. The minimum Gasteiger partial charge on any atom is -0.490 e. The highest BCUT2D eigenvalue weighted by Gasteiger charge is 2.51. The van der Waals surface area contributed by atoms with Gasteiger partial charge in [0.15, 0.2) is 12.2 Å². The normalized spacial score (nSPS) is 22.1. The molecule has 2 fully saturated rings. The number of nitrogens with zero attached hydrogens (tertiary/aromatic N) is 1. The smallest absolute Gasteiger partial charge is 0.338 e. The third kappa shape index (κ3) is 5.89. The number of nitriles is 1. The summed E-state index contributed by atoms with van der Waals surface area (Å²) in [7, 11) is 0. The summed E-state index contributed by atoms with van der Waals surface area (Å²) in [5.41, 5.74) is 1.06. The molecule has 0 N–H and O–H groups in total. The van der Waals surface area contributed by atoms with E-state index < -0.39 is 42.3 Å². The van der Waals surface area contributed by atoms with Gasteiger partial charge in [0.1, 0.15) is 31.2 Å². The minimum atomic E-state index is -0.656. The van der Waals surface area contributed by atoms with Crippen LogP contribution in [0, 0.1) is 11.3 Å². The van der Waals surface area contributed by atoms with E-state index in [1.54, 1.807) is 24.3 Å². The molecule has 0 aliphatic carbocycles. The van der Waals surface area contributed by atoms with E-state index in [4.69, 9.17) is 33.7 Å². The van der Waals surface area contributed by atoms with Crippen LogP contribution >= 0.6 is 0 Å². The first-order chi connectivity index (χ1) is 17.5. The van der Waals surface area contributed by atoms with Crippen molar-refractivity contribution in [2.75, 3.05) is 26.4 Å². The van der Waals surface area contributed by atoms with Crippen molar-refractivity contribution in [1.82, 2.24) is 0 Å². The Balaban J connectivity index is 1.25. The molecule has 0 radical (unpaired) electrons. The van der Waals surface area contributed by atoms with E-state index >= 15 is 0 Å². The molecule has 0 amide bonds. The lowest BCUT2D eigenvalue weighted by Gasteiger charge is -2.17. The van der Waals surface area contributed by atoms with Gasteiger partial charge in [0.2, 0.25) is 0 Å². The standard InChI is InChI=1S/C26H23NO9/c1-2-22(28)32-12-11-31-19-9-7-18(8-10-19)26(30)36-21-15-34-23-20(14-33-24(21)23)35-25(29)17-5-3-16(13-27)4-6-17/h2-10,20-21,23-24H,1,11-12,14-15H2/t20-,21+,23?,24?/m0/s1. The zero-order chi connectivity index (χ0) is 25.5. The van der Waals surface area contributed by atoms with Crippen LogP contribution in [0.5, 0.6) is 5.75 Å². The topological polar surface area (TPSA) is 130 Å². The highest BCUT2D eigenvalue weighted by atomic mass is 16.7. The van der Waals surface area contributed by atoms with E-state index in [-0.39, 0.29) is 26.4 Å². The third-order valence-corrected chi connectivity index (χ3v) is 5.58. The van der Waals surface area contributed by atoms with Crippen molar-refractivity contribution in [3.63, 3.8) is 0 Å². The number of carbonyl (C=O) groups is 3. The fraction of sp³-hybridized carbons (Fsp3) is 0.308. The quantitative estimate of drug-likeness (QED) is 0.222. The second-order valence-corrected chi connectivity index (χ2v) is 7.92. The average molecular weight is 493 g/mol. The van der Waals surface area contributed by atoms with Gasteiger partial charge >= 0.3 is 17.9 Å². The summed E-state index contributed by atoms with van der Waals surface area (Å²) in [6.45, 7) is 3.75. The number of carbonyl (C=O) groups excluding carboxylic acids is 3. The molecule has 36 heavy (non-hydrogen) atoms. The largest absolute Gasteiger partial charge is 0.490 e. The van der Waals surface area contributed by atoms with Crippen LogP contribution in [0.2, 0.25) is 0 Å². The first-order valence-electron chi connectivity index (χ1n) is 11.2.